The highest BCUT2D eigenvalue weighted by molar-refractivity contribution is 5.95. The Kier molecular flexibility index (Phi) is 4.40. The van der Waals surface area contributed by atoms with Crippen molar-refractivity contribution in [2.24, 2.45) is 0 Å². The molecular formula is C18H22N4O3. The molecule has 0 aliphatic carbocycles. The number of benzene rings is 1. The topological polar surface area (TPSA) is 80.5 Å². The Morgan fingerprint density at radius 1 is 1.32 bits per heavy atom. The Hall–Kier alpha value is -2.41. The molecule has 7 heteroatoms. The molecule has 132 valence electrons. The highest BCUT2D eigenvalue weighted by Crippen LogP contribution is 2.39. The molecule has 0 bridgehead atoms. The van der Waals surface area contributed by atoms with E-state index in [1.807, 2.05) is 31.2 Å². The zero-order valence-corrected chi connectivity index (χ0v) is 14.3. The molecule has 1 N–H and O–H groups in total. The van der Waals surface area contributed by atoms with Crippen LogP contribution in [0.4, 0.5) is 10.5 Å². The van der Waals surface area contributed by atoms with Crippen LogP contribution in [0.25, 0.3) is 0 Å². The molecule has 1 unspecified atom stereocenters. The van der Waals surface area contributed by atoms with Crippen molar-refractivity contribution in [3.05, 3.63) is 41.5 Å². The van der Waals surface area contributed by atoms with E-state index in [0.717, 1.165) is 37.3 Å². The third-order valence-electron chi connectivity index (χ3n) is 4.85. The summed E-state index contributed by atoms with van der Waals surface area (Å²) >= 11 is 0. The van der Waals surface area contributed by atoms with Gasteiger partial charge in [0.1, 0.15) is 6.04 Å². The third-order valence-corrected chi connectivity index (χ3v) is 4.85. The number of carbonyl (C=O) groups excluding carboxylic acids is 1. The average Bonchev–Trinajstić information content (AvgIpc) is 3.27. The average molecular weight is 342 g/mol. The van der Waals surface area contributed by atoms with Gasteiger partial charge in [0.25, 0.3) is 0 Å². The van der Waals surface area contributed by atoms with E-state index >= 15 is 0 Å². The first-order chi connectivity index (χ1) is 12.3. The number of urea groups is 1. The van der Waals surface area contributed by atoms with Gasteiger partial charge in [-0.2, -0.15) is 4.98 Å². The molecule has 2 aromatic rings. The Morgan fingerprint density at radius 3 is 2.92 bits per heavy atom. The molecule has 0 saturated carbocycles. The molecule has 7 nitrogen and oxygen atoms in total. The van der Waals surface area contributed by atoms with E-state index in [1.165, 1.54) is 0 Å². The van der Waals surface area contributed by atoms with Gasteiger partial charge in [0.2, 0.25) is 5.89 Å². The zero-order chi connectivity index (χ0) is 17.2. The third kappa shape index (κ3) is 3.00. The van der Waals surface area contributed by atoms with Crippen molar-refractivity contribution < 1.29 is 14.1 Å². The van der Waals surface area contributed by atoms with Crippen LogP contribution < -0.4 is 10.2 Å². The Balaban J connectivity index is 1.62. The van der Waals surface area contributed by atoms with Gasteiger partial charge < -0.3 is 14.6 Å². The van der Waals surface area contributed by atoms with Gasteiger partial charge in [0.15, 0.2) is 5.82 Å². The van der Waals surface area contributed by atoms with Gasteiger partial charge in [-0.1, -0.05) is 23.4 Å². The summed E-state index contributed by atoms with van der Waals surface area (Å²) < 4.78 is 10.9. The highest BCUT2D eigenvalue weighted by atomic mass is 16.5. The van der Waals surface area contributed by atoms with Crippen molar-refractivity contribution in [1.29, 1.82) is 0 Å². The van der Waals surface area contributed by atoms with E-state index < -0.39 is 0 Å². The Bertz CT molecular complexity index is 754. The maximum atomic E-state index is 12.6. The van der Waals surface area contributed by atoms with Gasteiger partial charge in [0, 0.05) is 37.8 Å². The smallest absolute Gasteiger partial charge is 0.322 e. The summed E-state index contributed by atoms with van der Waals surface area (Å²) in [5.74, 6) is 1.48. The molecule has 4 rings (SSSR count). The number of nitrogens with zero attached hydrogens (tertiary/aromatic N) is 3. The lowest BCUT2D eigenvalue weighted by atomic mass is 10.0. The van der Waals surface area contributed by atoms with Gasteiger partial charge in [-0.05, 0) is 31.4 Å². The van der Waals surface area contributed by atoms with E-state index in [1.54, 1.807) is 4.90 Å². The first-order valence-electron chi connectivity index (χ1n) is 8.84. The van der Waals surface area contributed by atoms with E-state index in [9.17, 15) is 4.79 Å². The predicted octanol–water partition coefficient (Wildman–Crippen LogP) is 2.80. The van der Waals surface area contributed by atoms with E-state index in [4.69, 9.17) is 9.26 Å². The molecular weight excluding hydrogens is 320 g/mol. The minimum Gasteiger partial charge on any atom is -0.381 e. The minimum absolute atomic E-state index is 0.130. The van der Waals surface area contributed by atoms with Gasteiger partial charge in [0.05, 0.1) is 0 Å². The first kappa shape index (κ1) is 16.1. The molecule has 1 fully saturated rings. The number of rotatable bonds is 3. The van der Waals surface area contributed by atoms with Crippen molar-refractivity contribution in [2.75, 3.05) is 24.7 Å². The second-order valence-electron chi connectivity index (χ2n) is 6.43. The number of anilines is 1. The minimum atomic E-state index is -0.235. The fraction of sp³-hybridized carbons (Fsp3) is 0.500. The van der Waals surface area contributed by atoms with Crippen molar-refractivity contribution in [3.8, 4) is 0 Å². The first-order valence-corrected chi connectivity index (χ1v) is 8.84. The summed E-state index contributed by atoms with van der Waals surface area (Å²) in [5, 5.41) is 7.08. The molecule has 0 spiro atoms. The van der Waals surface area contributed by atoms with E-state index in [-0.39, 0.29) is 18.0 Å². The number of nitrogens with one attached hydrogen (secondary N) is 1. The van der Waals surface area contributed by atoms with Gasteiger partial charge in [-0.25, -0.2) is 4.79 Å². The van der Waals surface area contributed by atoms with Crippen LogP contribution in [0.5, 0.6) is 0 Å². The molecule has 3 heterocycles. The Labute approximate surface area is 146 Å². The van der Waals surface area contributed by atoms with Crippen molar-refractivity contribution in [3.63, 3.8) is 0 Å². The summed E-state index contributed by atoms with van der Waals surface area (Å²) in [6, 6.07) is 7.57. The molecule has 1 atom stereocenters. The van der Waals surface area contributed by atoms with Crippen molar-refractivity contribution in [2.45, 2.75) is 38.1 Å². The maximum absolute atomic E-state index is 12.6. The number of fused-ring (bicyclic) bond motifs is 1. The lowest BCUT2D eigenvalue weighted by Gasteiger charge is -2.23. The number of aromatic nitrogens is 2. The lowest BCUT2D eigenvalue weighted by molar-refractivity contribution is 0.0778. The maximum Gasteiger partial charge on any atom is 0.322 e. The number of amides is 2. The van der Waals surface area contributed by atoms with Gasteiger partial charge in [-0.15, -0.1) is 0 Å². The largest absolute Gasteiger partial charge is 0.381 e. The summed E-state index contributed by atoms with van der Waals surface area (Å²) in [5.41, 5.74) is 2.03. The van der Waals surface area contributed by atoms with Crippen LogP contribution in [0, 0.1) is 0 Å². The van der Waals surface area contributed by atoms with Crippen molar-refractivity contribution >= 4 is 11.7 Å². The molecule has 1 aromatic carbocycles. The van der Waals surface area contributed by atoms with Gasteiger partial charge in [-0.3, -0.25) is 4.90 Å². The zero-order valence-electron chi connectivity index (χ0n) is 14.3. The van der Waals surface area contributed by atoms with Crippen LogP contribution in [0.3, 0.4) is 0 Å². The number of carbonyl (C=O) groups is 1. The normalized spacial score (nSPS) is 20.5. The highest BCUT2D eigenvalue weighted by Gasteiger charge is 2.38. The van der Waals surface area contributed by atoms with Crippen LogP contribution in [0.15, 0.2) is 28.8 Å². The monoisotopic (exact) mass is 342 g/mol. The number of hydrogen-bond donors (Lipinski definition) is 1. The van der Waals surface area contributed by atoms with Gasteiger partial charge >= 0.3 is 6.03 Å². The lowest BCUT2D eigenvalue weighted by Crippen LogP contribution is -2.40. The number of hydrogen-bond acceptors (Lipinski definition) is 5. The number of para-hydroxylation sites is 1. The second-order valence-corrected chi connectivity index (χ2v) is 6.43. The standard InChI is InChI=1S/C18H22N4O3/c1-2-19-18(23)22-14-6-4-3-5-13(14)11-15(22)16-20-17(25-21-16)12-7-9-24-10-8-12/h3-6,12,15H,2,7-11H2,1H3,(H,19,23). The summed E-state index contributed by atoms with van der Waals surface area (Å²) in [7, 11) is 0. The Morgan fingerprint density at radius 2 is 2.12 bits per heavy atom. The van der Waals surface area contributed by atoms with Crippen LogP contribution in [0.2, 0.25) is 0 Å². The summed E-state index contributed by atoms with van der Waals surface area (Å²) in [6.07, 6.45) is 2.49. The molecule has 25 heavy (non-hydrogen) atoms. The fourth-order valence-electron chi connectivity index (χ4n) is 3.57. The molecule has 1 aromatic heterocycles. The molecule has 1 saturated heterocycles. The quantitative estimate of drug-likeness (QED) is 0.928. The van der Waals surface area contributed by atoms with Crippen LogP contribution >= 0.6 is 0 Å². The van der Waals surface area contributed by atoms with Crippen LogP contribution in [-0.4, -0.2) is 35.9 Å². The van der Waals surface area contributed by atoms with Crippen LogP contribution in [-0.2, 0) is 11.2 Å². The number of ether oxygens (including phenoxy) is 1. The van der Waals surface area contributed by atoms with E-state index in [0.29, 0.717) is 24.7 Å². The fourth-order valence-corrected chi connectivity index (χ4v) is 3.57. The molecule has 2 aliphatic heterocycles. The summed E-state index contributed by atoms with van der Waals surface area (Å²) in [6.45, 7) is 3.93. The van der Waals surface area contributed by atoms with E-state index in [2.05, 4.69) is 15.5 Å². The second kappa shape index (κ2) is 6.84. The SMILES string of the molecule is CCNC(=O)N1c2ccccc2CC1c1noc(C2CCOCC2)n1. The van der Waals surface area contributed by atoms with Crippen molar-refractivity contribution in [1.82, 2.24) is 15.5 Å². The molecule has 2 amide bonds. The van der Waals surface area contributed by atoms with Crippen LogP contribution in [0.1, 0.15) is 49.0 Å². The predicted molar refractivity (Wildman–Crippen MR) is 91.5 cm³/mol. The molecule has 0 radical (unpaired) electrons. The summed E-state index contributed by atoms with van der Waals surface area (Å²) in [4.78, 5) is 19.0. The molecule has 2 aliphatic rings.